The third kappa shape index (κ3) is 5.90. The Bertz CT molecular complexity index is 115. The maximum Gasteiger partial charge on any atom is 0.0212 e. The van der Waals surface area contributed by atoms with Crippen molar-refractivity contribution in [3.63, 3.8) is 0 Å². The van der Waals surface area contributed by atoms with Gasteiger partial charge in [-0.05, 0) is 6.42 Å². The van der Waals surface area contributed by atoms with E-state index in [2.05, 4.69) is 18.2 Å². The van der Waals surface area contributed by atoms with E-state index in [1.807, 2.05) is 0 Å². The zero-order valence-electron chi connectivity index (χ0n) is 7.27. The normalized spacial score (nSPS) is 12.5. The summed E-state index contributed by atoms with van der Waals surface area (Å²) < 4.78 is 0. The first-order valence-electron chi connectivity index (χ1n) is 4.22. The van der Waals surface area contributed by atoms with Gasteiger partial charge in [0.1, 0.15) is 0 Å². The maximum atomic E-state index is 5.53. The Morgan fingerprint density at radius 3 is 2.82 bits per heavy atom. The van der Waals surface area contributed by atoms with Gasteiger partial charge in [-0.25, -0.2) is 0 Å². The highest BCUT2D eigenvalue weighted by Gasteiger charge is 2.01. The Morgan fingerprint density at radius 1 is 1.64 bits per heavy atom. The molecule has 0 aromatic heterocycles. The van der Waals surface area contributed by atoms with Crippen LogP contribution in [-0.2, 0) is 0 Å². The molecule has 11 heavy (non-hydrogen) atoms. The first kappa shape index (κ1) is 10.5. The largest absolute Gasteiger partial charge is 0.329 e. The molecular weight excluding hydrogens is 136 g/mol. The lowest BCUT2D eigenvalue weighted by Crippen LogP contribution is -2.36. The number of hydrogen-bond acceptors (Lipinski definition) is 2. The molecule has 0 heterocycles. The molecule has 1 atom stereocenters. The van der Waals surface area contributed by atoms with Gasteiger partial charge in [0.05, 0.1) is 0 Å². The van der Waals surface area contributed by atoms with Gasteiger partial charge in [-0.1, -0.05) is 13.3 Å². The van der Waals surface area contributed by atoms with Crippen LogP contribution in [0.2, 0.25) is 0 Å². The van der Waals surface area contributed by atoms with Crippen molar-refractivity contribution in [1.29, 1.82) is 0 Å². The summed E-state index contributed by atoms with van der Waals surface area (Å²) >= 11 is 0. The molecule has 3 N–H and O–H groups in total. The summed E-state index contributed by atoms with van der Waals surface area (Å²) in [7, 11) is 0. The zero-order valence-corrected chi connectivity index (χ0v) is 7.27. The zero-order chi connectivity index (χ0) is 8.53. The molecule has 0 fully saturated rings. The number of rotatable bonds is 6. The Morgan fingerprint density at radius 2 is 2.36 bits per heavy atom. The fourth-order valence-electron chi connectivity index (χ4n) is 1.00. The molecule has 0 amide bonds. The Kier molecular flexibility index (Phi) is 7.23. The van der Waals surface area contributed by atoms with Gasteiger partial charge >= 0.3 is 0 Å². The topological polar surface area (TPSA) is 38.0 Å². The van der Waals surface area contributed by atoms with Crippen molar-refractivity contribution < 1.29 is 0 Å². The molecule has 0 aromatic carbocycles. The number of terminal acetylenes is 1. The molecule has 0 aromatic rings. The summed E-state index contributed by atoms with van der Waals surface area (Å²) in [4.78, 5) is 0. The van der Waals surface area contributed by atoms with E-state index in [9.17, 15) is 0 Å². The van der Waals surface area contributed by atoms with Crippen molar-refractivity contribution in [3.8, 4) is 12.3 Å². The van der Waals surface area contributed by atoms with Crippen molar-refractivity contribution in [1.82, 2.24) is 5.32 Å². The SMILES string of the molecule is C#CCCNC(CN)CCC. The third-order valence-corrected chi connectivity index (χ3v) is 1.62. The van der Waals surface area contributed by atoms with Crippen molar-refractivity contribution >= 4 is 0 Å². The van der Waals surface area contributed by atoms with E-state index in [1.54, 1.807) is 0 Å². The molecule has 0 aliphatic carbocycles. The van der Waals surface area contributed by atoms with E-state index >= 15 is 0 Å². The predicted octanol–water partition coefficient (Wildman–Crippen LogP) is 0.727. The summed E-state index contributed by atoms with van der Waals surface area (Å²) in [5.74, 6) is 2.59. The molecule has 64 valence electrons. The van der Waals surface area contributed by atoms with Crippen LogP contribution in [0.15, 0.2) is 0 Å². The fraction of sp³-hybridized carbons (Fsp3) is 0.778. The van der Waals surface area contributed by atoms with E-state index < -0.39 is 0 Å². The molecular formula is C9H18N2. The van der Waals surface area contributed by atoms with E-state index in [4.69, 9.17) is 12.2 Å². The van der Waals surface area contributed by atoms with Gasteiger partial charge < -0.3 is 11.1 Å². The van der Waals surface area contributed by atoms with Crippen LogP contribution >= 0.6 is 0 Å². The van der Waals surface area contributed by atoms with Crippen molar-refractivity contribution in [3.05, 3.63) is 0 Å². The van der Waals surface area contributed by atoms with Crippen molar-refractivity contribution in [2.45, 2.75) is 32.2 Å². The smallest absolute Gasteiger partial charge is 0.0212 e. The Balaban J connectivity index is 3.29. The minimum absolute atomic E-state index is 0.452. The minimum atomic E-state index is 0.452. The summed E-state index contributed by atoms with van der Waals surface area (Å²) in [6, 6.07) is 0.452. The van der Waals surface area contributed by atoms with Crippen LogP contribution in [0.3, 0.4) is 0 Å². The second-order valence-electron chi connectivity index (χ2n) is 2.63. The highest BCUT2D eigenvalue weighted by molar-refractivity contribution is 4.84. The average molecular weight is 154 g/mol. The molecule has 0 aliphatic rings. The first-order chi connectivity index (χ1) is 5.35. The highest BCUT2D eigenvalue weighted by atomic mass is 14.9. The van der Waals surface area contributed by atoms with E-state index in [1.165, 1.54) is 6.42 Å². The van der Waals surface area contributed by atoms with Gasteiger partial charge in [-0.15, -0.1) is 12.3 Å². The molecule has 2 heteroatoms. The van der Waals surface area contributed by atoms with Gasteiger partial charge in [0.15, 0.2) is 0 Å². The summed E-state index contributed by atoms with van der Waals surface area (Å²) in [5.41, 5.74) is 5.53. The second-order valence-corrected chi connectivity index (χ2v) is 2.63. The molecule has 0 saturated carbocycles. The Labute approximate surface area is 69.5 Å². The molecule has 0 rings (SSSR count). The van der Waals surface area contributed by atoms with Crippen LogP contribution in [-0.4, -0.2) is 19.1 Å². The second kappa shape index (κ2) is 7.59. The lowest BCUT2D eigenvalue weighted by Gasteiger charge is -2.14. The summed E-state index contributed by atoms with van der Waals surface area (Å²) in [6.07, 6.45) is 8.21. The summed E-state index contributed by atoms with van der Waals surface area (Å²) in [5, 5.41) is 3.30. The molecule has 1 unspecified atom stereocenters. The molecule has 0 spiro atoms. The van der Waals surface area contributed by atoms with Gasteiger partial charge in [-0.2, -0.15) is 0 Å². The predicted molar refractivity (Wildman–Crippen MR) is 49.2 cm³/mol. The van der Waals surface area contributed by atoms with Crippen molar-refractivity contribution in [2.24, 2.45) is 5.73 Å². The first-order valence-corrected chi connectivity index (χ1v) is 4.22. The third-order valence-electron chi connectivity index (χ3n) is 1.62. The van der Waals surface area contributed by atoms with Crippen LogP contribution in [0, 0.1) is 12.3 Å². The van der Waals surface area contributed by atoms with E-state index in [-0.39, 0.29) is 0 Å². The molecule has 0 saturated heterocycles. The molecule has 0 radical (unpaired) electrons. The lowest BCUT2D eigenvalue weighted by atomic mass is 10.1. The van der Waals surface area contributed by atoms with Crippen LogP contribution in [0.25, 0.3) is 0 Å². The molecule has 2 nitrogen and oxygen atoms in total. The highest BCUT2D eigenvalue weighted by Crippen LogP contribution is 1.93. The standard InChI is InChI=1S/C9H18N2/c1-3-5-7-11-9(8-10)6-4-2/h1,9,11H,4-8,10H2,2H3. The maximum absolute atomic E-state index is 5.53. The number of nitrogens with two attached hydrogens (primary N) is 1. The van der Waals surface area contributed by atoms with Gasteiger partial charge in [0.2, 0.25) is 0 Å². The fourth-order valence-corrected chi connectivity index (χ4v) is 1.00. The number of hydrogen-bond donors (Lipinski definition) is 2. The van der Waals surface area contributed by atoms with Crippen molar-refractivity contribution in [2.75, 3.05) is 13.1 Å². The van der Waals surface area contributed by atoms with E-state index in [0.29, 0.717) is 12.6 Å². The minimum Gasteiger partial charge on any atom is -0.329 e. The number of nitrogens with one attached hydrogen (secondary N) is 1. The molecule has 0 aliphatic heterocycles. The quantitative estimate of drug-likeness (QED) is 0.437. The monoisotopic (exact) mass is 154 g/mol. The van der Waals surface area contributed by atoms with E-state index in [0.717, 1.165) is 19.4 Å². The van der Waals surface area contributed by atoms with Crippen LogP contribution in [0.5, 0.6) is 0 Å². The van der Waals surface area contributed by atoms with Gasteiger partial charge in [-0.3, -0.25) is 0 Å². The average Bonchev–Trinajstić information content (AvgIpc) is 2.03. The Hall–Kier alpha value is -0.520. The summed E-state index contributed by atoms with van der Waals surface area (Å²) in [6.45, 7) is 3.75. The van der Waals surface area contributed by atoms with Crippen LogP contribution in [0.1, 0.15) is 26.2 Å². The van der Waals surface area contributed by atoms with Crippen LogP contribution in [0.4, 0.5) is 0 Å². The van der Waals surface area contributed by atoms with Gasteiger partial charge in [0.25, 0.3) is 0 Å². The van der Waals surface area contributed by atoms with Gasteiger partial charge in [0, 0.05) is 25.6 Å². The van der Waals surface area contributed by atoms with Crippen LogP contribution < -0.4 is 11.1 Å². The lowest BCUT2D eigenvalue weighted by molar-refractivity contribution is 0.489. The molecule has 0 bridgehead atoms.